The maximum Gasteiger partial charge on any atom is 0.267 e. The number of aliphatic hydroxyl groups is 1. The Morgan fingerprint density at radius 3 is 2.65 bits per heavy atom. The van der Waals surface area contributed by atoms with Crippen LogP contribution in [0.15, 0.2) is 60.3 Å². The van der Waals surface area contributed by atoms with Crippen LogP contribution < -0.4 is 11.1 Å². The number of nitriles is 1. The van der Waals surface area contributed by atoms with Crippen LogP contribution in [0.4, 0.5) is 11.4 Å². The first kappa shape index (κ1) is 19.3. The van der Waals surface area contributed by atoms with E-state index in [2.05, 4.69) is 5.32 Å². The van der Waals surface area contributed by atoms with E-state index in [1.807, 2.05) is 36.4 Å². The molecule has 0 aliphatic carbocycles. The van der Waals surface area contributed by atoms with E-state index < -0.39 is 5.91 Å². The Kier molecular flexibility index (Phi) is 7.03. The number of hydrogen-bond acceptors (Lipinski definition) is 5. The summed E-state index contributed by atoms with van der Waals surface area (Å²) >= 11 is 6.04. The first-order valence-corrected chi connectivity index (χ1v) is 8.28. The molecule has 134 valence electrons. The maximum absolute atomic E-state index is 12.4. The lowest BCUT2D eigenvalue weighted by atomic mass is 10.2. The molecule has 0 aliphatic rings. The molecule has 0 radical (unpaired) electrons. The van der Waals surface area contributed by atoms with Crippen LogP contribution in [-0.2, 0) is 11.3 Å². The number of hydrogen-bond donors (Lipinski definition) is 3. The Hall–Kier alpha value is -3.01. The third-order valence-corrected chi connectivity index (χ3v) is 3.85. The van der Waals surface area contributed by atoms with E-state index in [1.54, 1.807) is 17.0 Å². The van der Waals surface area contributed by atoms with Crippen LogP contribution in [0.5, 0.6) is 0 Å². The molecule has 26 heavy (non-hydrogen) atoms. The third kappa shape index (κ3) is 5.52. The molecule has 0 fully saturated rings. The van der Waals surface area contributed by atoms with Crippen LogP contribution in [0.2, 0.25) is 5.02 Å². The molecule has 0 aromatic heterocycles. The zero-order valence-electron chi connectivity index (χ0n) is 14.0. The molecule has 4 N–H and O–H groups in total. The monoisotopic (exact) mass is 370 g/mol. The first-order chi connectivity index (χ1) is 12.5. The van der Waals surface area contributed by atoms with Crippen molar-refractivity contribution in [3.05, 3.63) is 70.9 Å². The standard InChI is InChI=1S/C19H19ClN4O2/c20-17-10-16(22)6-7-18(17)23-19(26)15(11-21)13-24(8-9-25)12-14-4-2-1-3-5-14/h1-7,10,13,25H,8-9,12,22H2,(H,23,26)/b15-13-. The van der Waals surface area contributed by atoms with Crippen molar-refractivity contribution < 1.29 is 9.90 Å². The van der Waals surface area contributed by atoms with E-state index in [-0.39, 0.29) is 23.7 Å². The zero-order chi connectivity index (χ0) is 18.9. The number of carbonyl (C=O) groups is 1. The molecule has 1 amide bonds. The van der Waals surface area contributed by atoms with Gasteiger partial charge in [0.05, 0.1) is 17.3 Å². The van der Waals surface area contributed by atoms with Crippen molar-refractivity contribution in [2.45, 2.75) is 6.54 Å². The number of nitrogen functional groups attached to an aromatic ring is 1. The van der Waals surface area contributed by atoms with E-state index in [4.69, 9.17) is 17.3 Å². The van der Waals surface area contributed by atoms with Gasteiger partial charge in [-0.15, -0.1) is 0 Å². The summed E-state index contributed by atoms with van der Waals surface area (Å²) in [6.45, 7) is 0.645. The van der Waals surface area contributed by atoms with Crippen LogP contribution >= 0.6 is 11.6 Å². The Morgan fingerprint density at radius 1 is 1.31 bits per heavy atom. The summed E-state index contributed by atoms with van der Waals surface area (Å²) in [5.74, 6) is -0.588. The summed E-state index contributed by atoms with van der Waals surface area (Å²) < 4.78 is 0. The molecule has 0 spiro atoms. The van der Waals surface area contributed by atoms with Crippen LogP contribution in [0, 0.1) is 11.3 Å². The number of anilines is 2. The van der Waals surface area contributed by atoms with E-state index in [0.717, 1.165) is 5.56 Å². The maximum atomic E-state index is 12.4. The van der Waals surface area contributed by atoms with Gasteiger partial charge in [-0.3, -0.25) is 4.79 Å². The minimum atomic E-state index is -0.588. The predicted octanol–water partition coefficient (Wildman–Crippen LogP) is 2.76. The highest BCUT2D eigenvalue weighted by molar-refractivity contribution is 6.34. The number of nitrogens with one attached hydrogen (secondary N) is 1. The number of rotatable bonds is 7. The Morgan fingerprint density at radius 2 is 2.04 bits per heavy atom. The fourth-order valence-corrected chi connectivity index (χ4v) is 2.52. The fraction of sp³-hybridized carbons (Fsp3) is 0.158. The highest BCUT2D eigenvalue weighted by Crippen LogP contribution is 2.24. The van der Waals surface area contributed by atoms with Gasteiger partial charge in [0.15, 0.2) is 0 Å². The van der Waals surface area contributed by atoms with Gasteiger partial charge in [-0.05, 0) is 23.8 Å². The van der Waals surface area contributed by atoms with Crippen LogP contribution in [0.3, 0.4) is 0 Å². The van der Waals surface area contributed by atoms with Gasteiger partial charge in [-0.2, -0.15) is 5.26 Å². The number of aliphatic hydroxyl groups excluding tert-OH is 1. The Bertz CT molecular complexity index is 831. The predicted molar refractivity (Wildman–Crippen MR) is 102 cm³/mol. The lowest BCUT2D eigenvalue weighted by Crippen LogP contribution is -2.24. The highest BCUT2D eigenvalue weighted by Gasteiger charge is 2.13. The smallest absolute Gasteiger partial charge is 0.267 e. The van der Waals surface area contributed by atoms with Gasteiger partial charge in [0.25, 0.3) is 5.91 Å². The first-order valence-electron chi connectivity index (χ1n) is 7.90. The van der Waals surface area contributed by atoms with E-state index in [9.17, 15) is 15.2 Å². The van der Waals surface area contributed by atoms with Crippen molar-refractivity contribution in [2.75, 3.05) is 24.2 Å². The topological polar surface area (TPSA) is 102 Å². The van der Waals surface area contributed by atoms with Crippen molar-refractivity contribution in [1.82, 2.24) is 4.90 Å². The third-order valence-electron chi connectivity index (χ3n) is 3.53. The van der Waals surface area contributed by atoms with Crippen LogP contribution in [0.1, 0.15) is 5.56 Å². The quantitative estimate of drug-likeness (QED) is 0.395. The number of amides is 1. The second kappa shape index (κ2) is 9.47. The molecule has 2 aromatic rings. The number of benzene rings is 2. The van der Waals surface area contributed by atoms with Gasteiger partial charge in [0.2, 0.25) is 0 Å². The molecule has 0 saturated heterocycles. The molecule has 0 bridgehead atoms. The molecule has 0 atom stereocenters. The minimum absolute atomic E-state index is 0.0951. The molecule has 0 aliphatic heterocycles. The number of nitrogens with zero attached hydrogens (tertiary/aromatic N) is 2. The van der Waals surface area contributed by atoms with Crippen LogP contribution in [-0.4, -0.2) is 29.1 Å². The van der Waals surface area contributed by atoms with E-state index >= 15 is 0 Å². The molecule has 0 saturated carbocycles. The summed E-state index contributed by atoms with van der Waals surface area (Å²) in [5, 5.41) is 21.5. The van der Waals surface area contributed by atoms with E-state index in [1.165, 1.54) is 12.3 Å². The average Bonchev–Trinajstić information content (AvgIpc) is 2.63. The van der Waals surface area contributed by atoms with E-state index in [0.29, 0.717) is 17.9 Å². The van der Waals surface area contributed by atoms with Crippen molar-refractivity contribution in [3.63, 3.8) is 0 Å². The van der Waals surface area contributed by atoms with Crippen molar-refractivity contribution in [3.8, 4) is 6.07 Å². The number of nitrogens with two attached hydrogens (primary N) is 1. The Labute approximate surface area is 157 Å². The molecule has 7 heteroatoms. The molecular weight excluding hydrogens is 352 g/mol. The molecule has 2 rings (SSSR count). The van der Waals surface area contributed by atoms with Gasteiger partial charge in [-0.25, -0.2) is 0 Å². The molecule has 0 heterocycles. The van der Waals surface area contributed by atoms with Gasteiger partial charge in [-0.1, -0.05) is 41.9 Å². The number of halogens is 1. The lowest BCUT2D eigenvalue weighted by Gasteiger charge is -2.20. The van der Waals surface area contributed by atoms with Crippen molar-refractivity contribution >= 4 is 28.9 Å². The zero-order valence-corrected chi connectivity index (χ0v) is 14.8. The minimum Gasteiger partial charge on any atom is -0.399 e. The van der Waals surface area contributed by atoms with Crippen LogP contribution in [0.25, 0.3) is 0 Å². The normalized spacial score (nSPS) is 10.9. The summed E-state index contributed by atoms with van der Waals surface area (Å²) in [6, 6.07) is 16.1. The SMILES string of the molecule is N#C/C(=C/N(CCO)Cc1ccccc1)C(=O)Nc1ccc(N)cc1Cl. The summed E-state index contributed by atoms with van der Waals surface area (Å²) in [4.78, 5) is 14.1. The average molecular weight is 371 g/mol. The van der Waals surface area contributed by atoms with Gasteiger partial charge < -0.3 is 21.1 Å². The largest absolute Gasteiger partial charge is 0.399 e. The van der Waals surface area contributed by atoms with Gasteiger partial charge in [0.1, 0.15) is 11.6 Å². The summed E-state index contributed by atoms with van der Waals surface area (Å²) in [7, 11) is 0. The number of carbonyl (C=O) groups excluding carboxylic acids is 1. The lowest BCUT2D eigenvalue weighted by molar-refractivity contribution is -0.112. The second-order valence-corrected chi connectivity index (χ2v) is 5.93. The highest BCUT2D eigenvalue weighted by atomic mass is 35.5. The molecule has 0 unspecified atom stereocenters. The fourth-order valence-electron chi connectivity index (χ4n) is 2.28. The summed E-state index contributed by atoms with van der Waals surface area (Å²) in [6.07, 6.45) is 1.43. The summed E-state index contributed by atoms with van der Waals surface area (Å²) in [5.41, 5.74) is 7.37. The second-order valence-electron chi connectivity index (χ2n) is 5.53. The van der Waals surface area contributed by atoms with Gasteiger partial charge >= 0.3 is 0 Å². The van der Waals surface area contributed by atoms with Crippen molar-refractivity contribution in [2.24, 2.45) is 0 Å². The Balaban J connectivity index is 2.17. The molecule has 2 aromatic carbocycles. The van der Waals surface area contributed by atoms with Crippen molar-refractivity contribution in [1.29, 1.82) is 5.26 Å². The molecular formula is C19H19ClN4O2. The molecule has 6 nitrogen and oxygen atoms in total. The van der Waals surface area contributed by atoms with Gasteiger partial charge in [0, 0.05) is 25.0 Å².